The van der Waals surface area contributed by atoms with Crippen LogP contribution in [-0.2, 0) is 5.41 Å². The van der Waals surface area contributed by atoms with Crippen LogP contribution in [0.25, 0.3) is 11.7 Å². The van der Waals surface area contributed by atoms with Crippen molar-refractivity contribution in [2.24, 2.45) is 0 Å². The number of hydrogen-bond acceptors (Lipinski definition) is 5. The summed E-state index contributed by atoms with van der Waals surface area (Å²) in [4.78, 5) is 14.8. The van der Waals surface area contributed by atoms with E-state index in [9.17, 15) is 4.79 Å². The van der Waals surface area contributed by atoms with Gasteiger partial charge in [0.2, 0.25) is 5.76 Å². The molecular weight excluding hydrogens is 208 g/mol. The monoisotopic (exact) mass is 220 g/mol. The van der Waals surface area contributed by atoms with E-state index in [1.807, 2.05) is 20.8 Å². The molecule has 0 spiro atoms. The van der Waals surface area contributed by atoms with Crippen LogP contribution in [0.1, 0.15) is 36.9 Å². The molecule has 84 valence electrons. The SMILES string of the molecule is CC(C)(C)c1cnc(-c2oncc2C=O)o1. The van der Waals surface area contributed by atoms with Crippen LogP contribution in [0.3, 0.4) is 0 Å². The zero-order valence-corrected chi connectivity index (χ0v) is 9.35. The maximum Gasteiger partial charge on any atom is 0.266 e. The highest BCUT2D eigenvalue weighted by molar-refractivity contribution is 5.82. The molecule has 2 aromatic rings. The van der Waals surface area contributed by atoms with E-state index in [1.165, 1.54) is 6.20 Å². The fourth-order valence-electron chi connectivity index (χ4n) is 1.22. The minimum Gasteiger partial charge on any atom is -0.438 e. The normalized spacial score (nSPS) is 11.7. The van der Waals surface area contributed by atoms with E-state index in [0.717, 1.165) is 5.76 Å². The number of carbonyl (C=O) groups is 1. The standard InChI is InChI=1S/C11H12N2O3/c1-11(2,3)8-5-12-10(15-8)9-7(6-14)4-13-16-9/h4-6H,1-3H3. The first-order chi connectivity index (χ1) is 7.52. The Bertz CT molecular complexity index is 505. The molecule has 0 radical (unpaired) electrons. The van der Waals surface area contributed by atoms with Crippen molar-refractivity contribution in [3.8, 4) is 11.7 Å². The third-order valence-electron chi connectivity index (χ3n) is 2.16. The Kier molecular flexibility index (Phi) is 2.38. The number of hydrogen-bond donors (Lipinski definition) is 0. The second kappa shape index (κ2) is 3.59. The number of aldehydes is 1. The lowest BCUT2D eigenvalue weighted by Gasteiger charge is -2.12. The summed E-state index contributed by atoms with van der Waals surface area (Å²) in [5, 5.41) is 3.53. The van der Waals surface area contributed by atoms with Crippen LogP contribution in [0.2, 0.25) is 0 Å². The minimum atomic E-state index is -0.132. The first-order valence-corrected chi connectivity index (χ1v) is 4.89. The molecule has 2 heterocycles. The molecule has 0 bridgehead atoms. The Morgan fingerprint density at radius 1 is 1.31 bits per heavy atom. The van der Waals surface area contributed by atoms with Crippen molar-refractivity contribution >= 4 is 6.29 Å². The Morgan fingerprint density at radius 3 is 2.62 bits per heavy atom. The molecule has 0 fully saturated rings. The van der Waals surface area contributed by atoms with Gasteiger partial charge in [-0.15, -0.1) is 0 Å². The van der Waals surface area contributed by atoms with Gasteiger partial charge in [-0.2, -0.15) is 0 Å². The third kappa shape index (κ3) is 1.76. The summed E-state index contributed by atoms with van der Waals surface area (Å²) >= 11 is 0. The quantitative estimate of drug-likeness (QED) is 0.727. The molecule has 16 heavy (non-hydrogen) atoms. The topological polar surface area (TPSA) is 69.1 Å². The van der Waals surface area contributed by atoms with Gasteiger partial charge < -0.3 is 8.94 Å². The molecule has 0 aliphatic rings. The molecule has 0 unspecified atom stereocenters. The average molecular weight is 220 g/mol. The second-order valence-electron chi connectivity index (χ2n) is 4.51. The van der Waals surface area contributed by atoms with Gasteiger partial charge >= 0.3 is 0 Å². The maximum absolute atomic E-state index is 10.7. The molecule has 2 aromatic heterocycles. The fourth-order valence-corrected chi connectivity index (χ4v) is 1.22. The number of oxazole rings is 1. The predicted octanol–water partition coefficient (Wildman–Crippen LogP) is 2.44. The number of rotatable bonds is 2. The molecule has 0 aromatic carbocycles. The van der Waals surface area contributed by atoms with Gasteiger partial charge in [0.1, 0.15) is 5.76 Å². The smallest absolute Gasteiger partial charge is 0.266 e. The summed E-state index contributed by atoms with van der Waals surface area (Å²) in [5.41, 5.74) is 0.203. The lowest BCUT2D eigenvalue weighted by molar-refractivity contribution is 0.112. The van der Waals surface area contributed by atoms with Crippen LogP contribution in [0.4, 0.5) is 0 Å². The van der Waals surface area contributed by atoms with Crippen molar-refractivity contribution in [3.63, 3.8) is 0 Å². The molecule has 5 nitrogen and oxygen atoms in total. The zero-order valence-electron chi connectivity index (χ0n) is 9.35. The van der Waals surface area contributed by atoms with Crippen LogP contribution in [0, 0.1) is 0 Å². The van der Waals surface area contributed by atoms with Gasteiger partial charge in [0.25, 0.3) is 5.89 Å². The van der Waals surface area contributed by atoms with Crippen molar-refractivity contribution < 1.29 is 13.7 Å². The Balaban J connectivity index is 2.43. The lowest BCUT2D eigenvalue weighted by atomic mass is 9.94. The lowest BCUT2D eigenvalue weighted by Crippen LogP contribution is -2.09. The summed E-state index contributed by atoms with van der Waals surface area (Å²) < 4.78 is 10.5. The largest absolute Gasteiger partial charge is 0.438 e. The van der Waals surface area contributed by atoms with Crippen molar-refractivity contribution in [2.45, 2.75) is 26.2 Å². The third-order valence-corrected chi connectivity index (χ3v) is 2.16. The van der Waals surface area contributed by atoms with Crippen molar-refractivity contribution in [3.05, 3.63) is 23.7 Å². The van der Waals surface area contributed by atoms with Crippen LogP contribution in [0.15, 0.2) is 21.3 Å². The van der Waals surface area contributed by atoms with E-state index >= 15 is 0 Å². The average Bonchev–Trinajstić information content (AvgIpc) is 2.84. The Morgan fingerprint density at radius 2 is 2.06 bits per heavy atom. The van der Waals surface area contributed by atoms with Gasteiger partial charge in [0.15, 0.2) is 6.29 Å². The Hall–Kier alpha value is -1.91. The van der Waals surface area contributed by atoms with Gasteiger partial charge in [-0.1, -0.05) is 25.9 Å². The molecule has 0 saturated heterocycles. The van der Waals surface area contributed by atoms with Gasteiger partial charge in [-0.05, 0) is 0 Å². The summed E-state index contributed by atoms with van der Waals surface area (Å²) in [6, 6.07) is 0. The molecule has 0 atom stereocenters. The summed E-state index contributed by atoms with van der Waals surface area (Å²) in [6.45, 7) is 6.04. The van der Waals surface area contributed by atoms with E-state index in [0.29, 0.717) is 11.8 Å². The molecule has 0 aliphatic carbocycles. The summed E-state index contributed by atoms with van der Waals surface area (Å²) in [5.74, 6) is 1.28. The molecular formula is C11H12N2O3. The van der Waals surface area contributed by atoms with E-state index in [4.69, 9.17) is 8.94 Å². The Labute approximate surface area is 92.5 Å². The number of nitrogens with zero attached hydrogens (tertiary/aromatic N) is 2. The first kappa shape index (κ1) is 10.6. The van der Waals surface area contributed by atoms with Crippen molar-refractivity contribution in [2.75, 3.05) is 0 Å². The number of carbonyl (C=O) groups excluding carboxylic acids is 1. The highest BCUT2D eigenvalue weighted by Crippen LogP contribution is 2.28. The molecule has 0 amide bonds. The van der Waals surface area contributed by atoms with Gasteiger partial charge in [-0.3, -0.25) is 4.79 Å². The van der Waals surface area contributed by atoms with E-state index in [-0.39, 0.29) is 17.1 Å². The second-order valence-corrected chi connectivity index (χ2v) is 4.51. The van der Waals surface area contributed by atoms with Crippen LogP contribution in [0.5, 0.6) is 0 Å². The van der Waals surface area contributed by atoms with Crippen molar-refractivity contribution in [1.29, 1.82) is 0 Å². The van der Waals surface area contributed by atoms with Crippen LogP contribution in [-0.4, -0.2) is 16.4 Å². The highest BCUT2D eigenvalue weighted by Gasteiger charge is 2.22. The molecule has 0 saturated carbocycles. The first-order valence-electron chi connectivity index (χ1n) is 4.89. The number of aromatic nitrogens is 2. The maximum atomic E-state index is 10.7. The van der Waals surface area contributed by atoms with Crippen LogP contribution < -0.4 is 0 Å². The molecule has 0 aliphatic heterocycles. The molecule has 0 N–H and O–H groups in total. The highest BCUT2D eigenvalue weighted by atomic mass is 16.5. The predicted molar refractivity (Wildman–Crippen MR) is 56.1 cm³/mol. The summed E-state index contributed by atoms with van der Waals surface area (Å²) in [6.07, 6.45) is 3.63. The van der Waals surface area contributed by atoms with E-state index < -0.39 is 0 Å². The van der Waals surface area contributed by atoms with Gasteiger partial charge in [0, 0.05) is 5.41 Å². The minimum absolute atomic E-state index is 0.132. The van der Waals surface area contributed by atoms with Crippen LogP contribution >= 0.6 is 0 Å². The zero-order chi connectivity index (χ0) is 11.8. The fraction of sp³-hybridized carbons (Fsp3) is 0.364. The molecule has 2 rings (SSSR count). The van der Waals surface area contributed by atoms with E-state index in [1.54, 1.807) is 6.20 Å². The summed E-state index contributed by atoms with van der Waals surface area (Å²) in [7, 11) is 0. The molecule has 5 heteroatoms. The van der Waals surface area contributed by atoms with Gasteiger partial charge in [-0.25, -0.2) is 4.98 Å². The van der Waals surface area contributed by atoms with E-state index in [2.05, 4.69) is 10.1 Å². The van der Waals surface area contributed by atoms with Crippen molar-refractivity contribution in [1.82, 2.24) is 10.1 Å². The van der Waals surface area contributed by atoms with Gasteiger partial charge in [0.05, 0.1) is 18.0 Å².